The second-order valence-electron chi connectivity index (χ2n) is 0.986. The van der Waals surface area contributed by atoms with Crippen LogP contribution in [0.15, 0.2) is 0 Å². The molecular weight excluding hydrogens is 174 g/mol. The predicted molar refractivity (Wildman–Crippen MR) is 29.6 cm³/mol. The molecule has 0 heterocycles. The molecule has 0 bridgehead atoms. The van der Waals surface area contributed by atoms with Gasteiger partial charge in [-0.3, -0.25) is 0 Å². The average Bonchev–Trinajstić information content (AvgIpc) is 1.88. The number of rotatable bonds is 3. The summed E-state index contributed by atoms with van der Waals surface area (Å²) in [6.45, 7) is 1.38. The fraction of sp³-hybridized carbons (Fsp3) is 1.00. The van der Waals surface area contributed by atoms with Gasteiger partial charge in [0.15, 0.2) is 0 Å². The third-order valence-corrected chi connectivity index (χ3v) is 0.492. The topological polar surface area (TPSA) is 18.5 Å². The zero-order chi connectivity index (χ0) is 6.83. The molecule has 0 saturated carbocycles. The van der Waals surface area contributed by atoms with Gasteiger partial charge in [0.2, 0.25) is 0 Å². The average molecular weight is 184 g/mol. The van der Waals surface area contributed by atoms with Gasteiger partial charge in [-0.25, -0.2) is 0 Å². The van der Waals surface area contributed by atoms with Crippen molar-refractivity contribution in [1.82, 2.24) is 0 Å². The van der Waals surface area contributed by atoms with E-state index >= 15 is 0 Å². The van der Waals surface area contributed by atoms with Crippen LogP contribution in [0, 0.1) is 0 Å². The molecule has 0 aliphatic heterocycles. The van der Waals surface area contributed by atoms with Crippen molar-refractivity contribution in [3.05, 3.63) is 0 Å². The van der Waals surface area contributed by atoms with Gasteiger partial charge < -0.3 is 9.47 Å². The maximum absolute atomic E-state index is 4.66. The van der Waals surface area contributed by atoms with E-state index in [4.69, 9.17) is 0 Å². The Kier molecular flexibility index (Phi) is 22.5. The molecular formula is C4H10ClNiO2. The molecule has 0 spiro atoms. The summed E-state index contributed by atoms with van der Waals surface area (Å²) in [6, 6.07) is 0. The van der Waals surface area contributed by atoms with Crippen LogP contribution in [0.1, 0.15) is 0 Å². The van der Waals surface area contributed by atoms with Crippen molar-refractivity contribution in [3.8, 4) is 0 Å². The second kappa shape index (κ2) is 15.6. The van der Waals surface area contributed by atoms with Gasteiger partial charge in [0.25, 0.3) is 0 Å². The van der Waals surface area contributed by atoms with E-state index in [0.717, 1.165) is 0 Å². The van der Waals surface area contributed by atoms with Crippen LogP contribution in [0.2, 0.25) is 0 Å². The minimum absolute atomic E-state index is 0.691. The number of hydrogen-bond donors (Lipinski definition) is 0. The molecule has 0 unspecified atom stereocenters. The molecule has 0 radical (unpaired) electrons. The van der Waals surface area contributed by atoms with E-state index in [1.54, 1.807) is 14.2 Å². The Bertz CT molecular complexity index is 26.0. The first-order valence-corrected chi connectivity index (χ1v) is 3.37. The molecule has 0 aliphatic carbocycles. The standard InChI is InChI=1S/C4H10O2.ClH.Ni/c1-5-3-4-6-2;;/h3-4H2,1-2H3;1H;/q;;+1/p-1. The quantitative estimate of drug-likeness (QED) is 0.480. The van der Waals surface area contributed by atoms with Crippen molar-refractivity contribution < 1.29 is 24.0 Å². The van der Waals surface area contributed by atoms with Crippen LogP contribution < -0.4 is 0 Å². The van der Waals surface area contributed by atoms with E-state index in [-0.39, 0.29) is 0 Å². The molecule has 0 atom stereocenters. The van der Waals surface area contributed by atoms with E-state index in [2.05, 4.69) is 34.2 Å². The fourth-order valence-corrected chi connectivity index (χ4v) is 0.167. The summed E-state index contributed by atoms with van der Waals surface area (Å²) in [6.07, 6.45) is 0. The van der Waals surface area contributed by atoms with Gasteiger partial charge >= 0.3 is 24.8 Å². The van der Waals surface area contributed by atoms with Gasteiger partial charge in [0.1, 0.15) is 0 Å². The second-order valence-corrected chi connectivity index (χ2v) is 0.986. The van der Waals surface area contributed by atoms with Crippen molar-refractivity contribution >= 4 is 10.2 Å². The van der Waals surface area contributed by atoms with Crippen LogP contribution in [0.3, 0.4) is 0 Å². The van der Waals surface area contributed by atoms with Crippen LogP contribution in [-0.4, -0.2) is 27.4 Å². The summed E-state index contributed by atoms with van der Waals surface area (Å²) in [5, 5.41) is 0. The number of ether oxygens (including phenoxy) is 2. The van der Waals surface area contributed by atoms with Crippen LogP contribution in [0.4, 0.5) is 0 Å². The van der Waals surface area contributed by atoms with Gasteiger partial charge in [0, 0.05) is 14.2 Å². The van der Waals surface area contributed by atoms with Crippen molar-refractivity contribution in [2.45, 2.75) is 0 Å². The third kappa shape index (κ3) is 15.9. The minimum atomic E-state index is 0.691. The summed E-state index contributed by atoms with van der Waals surface area (Å²) in [4.78, 5) is 0. The van der Waals surface area contributed by atoms with E-state index in [1.807, 2.05) is 0 Å². The maximum atomic E-state index is 4.66. The molecule has 0 saturated heterocycles. The number of methoxy groups -OCH3 is 2. The Labute approximate surface area is 62.1 Å². The summed E-state index contributed by atoms with van der Waals surface area (Å²) in [5.41, 5.74) is 0. The van der Waals surface area contributed by atoms with Crippen molar-refractivity contribution in [3.63, 3.8) is 0 Å². The molecule has 55 valence electrons. The molecule has 4 heteroatoms. The molecule has 8 heavy (non-hydrogen) atoms. The molecule has 0 N–H and O–H groups in total. The number of hydrogen-bond acceptors (Lipinski definition) is 2. The van der Waals surface area contributed by atoms with Gasteiger partial charge in [-0.1, -0.05) is 0 Å². The van der Waals surface area contributed by atoms with Crippen LogP contribution in [-0.2, 0) is 24.0 Å². The first-order valence-electron chi connectivity index (χ1n) is 2.01. The molecule has 0 fully saturated rings. The molecule has 0 rings (SSSR count). The summed E-state index contributed by atoms with van der Waals surface area (Å²) >= 11 is 3.35. The Morgan fingerprint density at radius 2 is 1.38 bits per heavy atom. The van der Waals surface area contributed by atoms with Gasteiger partial charge in [-0.05, 0) is 0 Å². The fourth-order valence-electron chi connectivity index (χ4n) is 0.167. The summed E-state index contributed by atoms with van der Waals surface area (Å²) in [7, 11) is 7.57. The predicted octanol–water partition coefficient (Wildman–Crippen LogP) is 0.966. The molecule has 0 aromatic carbocycles. The molecule has 0 amide bonds. The zero-order valence-electron chi connectivity index (χ0n) is 4.92. The normalized spacial score (nSPS) is 7.62. The molecule has 0 aromatic heterocycles. The van der Waals surface area contributed by atoms with Gasteiger partial charge in [-0.15, -0.1) is 0 Å². The Balaban J connectivity index is 0. The van der Waals surface area contributed by atoms with Crippen molar-refractivity contribution in [2.24, 2.45) is 0 Å². The number of halogens is 1. The van der Waals surface area contributed by atoms with Crippen LogP contribution >= 0.6 is 10.2 Å². The Hall–Kier alpha value is 0.704. The van der Waals surface area contributed by atoms with E-state index < -0.39 is 0 Å². The third-order valence-electron chi connectivity index (χ3n) is 0.492. The van der Waals surface area contributed by atoms with Crippen molar-refractivity contribution in [1.29, 1.82) is 0 Å². The summed E-state index contributed by atoms with van der Waals surface area (Å²) in [5.74, 6) is 0. The van der Waals surface area contributed by atoms with Crippen LogP contribution in [0.25, 0.3) is 0 Å². The first kappa shape index (κ1) is 11.5. The van der Waals surface area contributed by atoms with E-state index in [0.29, 0.717) is 13.2 Å². The molecule has 0 aliphatic rings. The van der Waals surface area contributed by atoms with E-state index in [9.17, 15) is 0 Å². The van der Waals surface area contributed by atoms with Crippen molar-refractivity contribution in [2.75, 3.05) is 27.4 Å². The van der Waals surface area contributed by atoms with E-state index in [1.165, 1.54) is 0 Å². The van der Waals surface area contributed by atoms with Gasteiger partial charge in [0.05, 0.1) is 13.2 Å². The zero-order valence-corrected chi connectivity index (χ0v) is 6.67. The van der Waals surface area contributed by atoms with Gasteiger partial charge in [-0.2, -0.15) is 0 Å². The Morgan fingerprint density at radius 3 is 1.50 bits per heavy atom. The summed E-state index contributed by atoms with van der Waals surface area (Å²) < 4.78 is 9.31. The van der Waals surface area contributed by atoms with Crippen LogP contribution in [0.5, 0.6) is 0 Å². The monoisotopic (exact) mass is 183 g/mol. The molecule has 0 aromatic rings. The first-order chi connectivity index (χ1) is 3.91. The Morgan fingerprint density at radius 1 is 1.12 bits per heavy atom. The SMILES string of the molecule is COCCOC.[Cl][Ni]. The molecule has 2 nitrogen and oxygen atoms in total.